The van der Waals surface area contributed by atoms with E-state index < -0.39 is 0 Å². The van der Waals surface area contributed by atoms with Crippen molar-refractivity contribution in [1.82, 2.24) is 5.32 Å². The fourth-order valence-corrected chi connectivity index (χ4v) is 2.54. The molecule has 1 fully saturated rings. The molecule has 0 aromatic heterocycles. The monoisotopic (exact) mass is 246 g/mol. The van der Waals surface area contributed by atoms with Crippen LogP contribution in [0.1, 0.15) is 30.9 Å². The topological polar surface area (TPSA) is 32.3 Å². The number of benzene rings is 1. The van der Waals surface area contributed by atoms with E-state index in [-0.39, 0.29) is 11.9 Å². The predicted molar refractivity (Wildman–Crippen MR) is 75.0 cm³/mol. The van der Waals surface area contributed by atoms with Crippen molar-refractivity contribution in [3.63, 3.8) is 0 Å². The molecule has 1 aliphatic heterocycles. The van der Waals surface area contributed by atoms with Crippen LogP contribution in [-0.4, -0.2) is 25.0 Å². The number of hydrogen-bond donors (Lipinski definition) is 1. The zero-order valence-corrected chi connectivity index (χ0v) is 11.5. The van der Waals surface area contributed by atoms with Crippen LogP contribution >= 0.6 is 0 Å². The molecular formula is C15H22N2O. The smallest absolute Gasteiger partial charge is 0.217 e. The van der Waals surface area contributed by atoms with Gasteiger partial charge in [-0.2, -0.15) is 0 Å². The van der Waals surface area contributed by atoms with Gasteiger partial charge in [0.1, 0.15) is 0 Å². The minimum absolute atomic E-state index is 0.0712. The second-order valence-corrected chi connectivity index (χ2v) is 5.25. The third kappa shape index (κ3) is 3.03. The molecule has 18 heavy (non-hydrogen) atoms. The van der Waals surface area contributed by atoms with Crippen LogP contribution in [0, 0.1) is 13.8 Å². The number of hydrogen-bond acceptors (Lipinski definition) is 2. The van der Waals surface area contributed by atoms with Crippen LogP contribution in [-0.2, 0) is 4.79 Å². The van der Waals surface area contributed by atoms with Crippen molar-refractivity contribution < 1.29 is 4.79 Å². The Hall–Kier alpha value is -1.51. The number of rotatable bonds is 2. The molecule has 1 amide bonds. The fraction of sp³-hybridized carbons (Fsp3) is 0.533. The molecule has 0 spiro atoms. The molecule has 1 N–H and O–H groups in total. The molecular weight excluding hydrogens is 224 g/mol. The van der Waals surface area contributed by atoms with E-state index >= 15 is 0 Å². The molecule has 1 saturated heterocycles. The molecule has 1 aromatic carbocycles. The minimum atomic E-state index is 0.0712. The van der Waals surface area contributed by atoms with Gasteiger partial charge in [0.05, 0.1) is 0 Å². The molecule has 98 valence electrons. The van der Waals surface area contributed by atoms with E-state index in [0.29, 0.717) is 0 Å². The van der Waals surface area contributed by atoms with E-state index in [1.165, 1.54) is 16.8 Å². The highest BCUT2D eigenvalue weighted by atomic mass is 16.1. The van der Waals surface area contributed by atoms with Crippen molar-refractivity contribution >= 4 is 11.6 Å². The summed E-state index contributed by atoms with van der Waals surface area (Å²) in [5.41, 5.74) is 3.93. The first-order valence-electron chi connectivity index (χ1n) is 6.65. The van der Waals surface area contributed by atoms with Crippen LogP contribution in [0.4, 0.5) is 5.69 Å². The normalized spacial score (nSPS) is 19.7. The van der Waals surface area contributed by atoms with Crippen molar-refractivity contribution in [3.05, 3.63) is 29.3 Å². The van der Waals surface area contributed by atoms with E-state index in [9.17, 15) is 4.79 Å². The average Bonchev–Trinajstić information content (AvgIpc) is 2.32. The van der Waals surface area contributed by atoms with E-state index in [1.807, 2.05) is 0 Å². The van der Waals surface area contributed by atoms with Gasteiger partial charge in [0.15, 0.2) is 0 Å². The summed E-state index contributed by atoms with van der Waals surface area (Å²) in [7, 11) is 0. The first kappa shape index (κ1) is 12.9. The minimum Gasteiger partial charge on any atom is -0.369 e. The molecule has 3 nitrogen and oxygen atoms in total. The van der Waals surface area contributed by atoms with Gasteiger partial charge in [-0.1, -0.05) is 6.07 Å². The quantitative estimate of drug-likeness (QED) is 0.869. The summed E-state index contributed by atoms with van der Waals surface area (Å²) in [6, 6.07) is 6.88. The van der Waals surface area contributed by atoms with Gasteiger partial charge in [0, 0.05) is 31.7 Å². The highest BCUT2D eigenvalue weighted by molar-refractivity contribution is 5.73. The van der Waals surface area contributed by atoms with Gasteiger partial charge in [0.2, 0.25) is 5.91 Å². The first-order chi connectivity index (χ1) is 8.56. The third-order valence-corrected chi connectivity index (χ3v) is 3.68. The Labute approximate surface area is 109 Å². The van der Waals surface area contributed by atoms with E-state index in [1.54, 1.807) is 6.92 Å². The number of piperidine rings is 1. The lowest BCUT2D eigenvalue weighted by atomic mass is 10.0. The molecule has 2 rings (SSSR count). The van der Waals surface area contributed by atoms with Crippen LogP contribution < -0.4 is 10.2 Å². The van der Waals surface area contributed by atoms with Gasteiger partial charge in [-0.05, 0) is 49.9 Å². The maximum Gasteiger partial charge on any atom is 0.217 e. The third-order valence-electron chi connectivity index (χ3n) is 3.68. The number of carbonyl (C=O) groups is 1. The molecule has 1 heterocycles. The molecule has 0 bridgehead atoms. The van der Waals surface area contributed by atoms with Crippen molar-refractivity contribution in [2.24, 2.45) is 0 Å². The van der Waals surface area contributed by atoms with Crippen LogP contribution in [0.25, 0.3) is 0 Å². The SMILES string of the molecule is CC(=O)NC1CCCN(c2ccc(C)c(C)c2)C1. The van der Waals surface area contributed by atoms with E-state index in [0.717, 1.165) is 25.9 Å². The number of nitrogens with zero attached hydrogens (tertiary/aromatic N) is 1. The van der Waals surface area contributed by atoms with Gasteiger partial charge < -0.3 is 10.2 Å². The summed E-state index contributed by atoms with van der Waals surface area (Å²) < 4.78 is 0. The number of amides is 1. The summed E-state index contributed by atoms with van der Waals surface area (Å²) in [5.74, 6) is 0.0712. The van der Waals surface area contributed by atoms with E-state index in [4.69, 9.17) is 0 Å². The zero-order valence-electron chi connectivity index (χ0n) is 11.5. The van der Waals surface area contributed by atoms with Crippen LogP contribution in [0.2, 0.25) is 0 Å². The summed E-state index contributed by atoms with van der Waals surface area (Å²) in [6.45, 7) is 7.87. The molecule has 0 saturated carbocycles. The number of nitrogens with one attached hydrogen (secondary N) is 1. The summed E-state index contributed by atoms with van der Waals surface area (Å²) >= 11 is 0. The van der Waals surface area contributed by atoms with Crippen LogP contribution in [0.5, 0.6) is 0 Å². The molecule has 1 aromatic rings. The number of carbonyl (C=O) groups excluding carboxylic acids is 1. The summed E-state index contributed by atoms with van der Waals surface area (Å²) in [5, 5.41) is 3.03. The van der Waals surface area contributed by atoms with Gasteiger partial charge >= 0.3 is 0 Å². The Kier molecular flexibility index (Phi) is 3.90. The van der Waals surface area contributed by atoms with Gasteiger partial charge in [-0.3, -0.25) is 4.79 Å². The van der Waals surface area contributed by atoms with Crippen molar-refractivity contribution in [1.29, 1.82) is 0 Å². The molecule has 0 aliphatic carbocycles. The second kappa shape index (κ2) is 5.42. The van der Waals surface area contributed by atoms with Crippen molar-refractivity contribution in [2.45, 2.75) is 39.7 Å². The molecule has 1 atom stereocenters. The number of aryl methyl sites for hydroxylation is 2. The Balaban J connectivity index is 2.08. The van der Waals surface area contributed by atoms with Gasteiger partial charge in [-0.15, -0.1) is 0 Å². The lowest BCUT2D eigenvalue weighted by Gasteiger charge is -2.35. The maximum atomic E-state index is 11.1. The Bertz CT molecular complexity index is 442. The summed E-state index contributed by atoms with van der Waals surface area (Å²) in [4.78, 5) is 13.5. The van der Waals surface area contributed by atoms with Crippen LogP contribution in [0.15, 0.2) is 18.2 Å². The first-order valence-corrected chi connectivity index (χ1v) is 6.65. The zero-order chi connectivity index (χ0) is 13.1. The Morgan fingerprint density at radius 3 is 2.78 bits per heavy atom. The summed E-state index contributed by atoms with van der Waals surface area (Å²) in [6.07, 6.45) is 2.22. The molecule has 3 heteroatoms. The lowest BCUT2D eigenvalue weighted by Crippen LogP contribution is -2.47. The largest absolute Gasteiger partial charge is 0.369 e. The number of anilines is 1. The van der Waals surface area contributed by atoms with Crippen LogP contribution in [0.3, 0.4) is 0 Å². The molecule has 0 radical (unpaired) electrons. The predicted octanol–water partition coefficient (Wildman–Crippen LogP) is 2.41. The second-order valence-electron chi connectivity index (χ2n) is 5.25. The lowest BCUT2D eigenvalue weighted by molar-refractivity contribution is -0.119. The van der Waals surface area contributed by atoms with E-state index in [2.05, 4.69) is 42.3 Å². The highest BCUT2D eigenvalue weighted by Gasteiger charge is 2.20. The van der Waals surface area contributed by atoms with Crippen molar-refractivity contribution in [2.75, 3.05) is 18.0 Å². The Morgan fingerprint density at radius 1 is 1.33 bits per heavy atom. The van der Waals surface area contributed by atoms with Crippen molar-refractivity contribution in [3.8, 4) is 0 Å². The fourth-order valence-electron chi connectivity index (χ4n) is 2.54. The average molecular weight is 246 g/mol. The maximum absolute atomic E-state index is 11.1. The van der Waals surface area contributed by atoms with Gasteiger partial charge in [0.25, 0.3) is 0 Å². The highest BCUT2D eigenvalue weighted by Crippen LogP contribution is 2.22. The van der Waals surface area contributed by atoms with Gasteiger partial charge in [-0.25, -0.2) is 0 Å². The Morgan fingerprint density at radius 2 is 2.11 bits per heavy atom. The standard InChI is InChI=1S/C15H22N2O/c1-11-6-7-15(9-12(11)2)17-8-4-5-14(10-17)16-13(3)18/h6-7,9,14H,4-5,8,10H2,1-3H3,(H,16,18). The molecule has 1 unspecified atom stereocenters. The molecule has 1 aliphatic rings.